The zero-order valence-corrected chi connectivity index (χ0v) is 8.35. The summed E-state index contributed by atoms with van der Waals surface area (Å²) in [5, 5.41) is 0. The predicted molar refractivity (Wildman–Crippen MR) is 52.4 cm³/mol. The van der Waals surface area contributed by atoms with E-state index in [1.165, 1.54) is 12.8 Å². The van der Waals surface area contributed by atoms with Crippen LogP contribution in [0.5, 0.6) is 0 Å². The van der Waals surface area contributed by atoms with Crippen LogP contribution in [0.15, 0.2) is 12.2 Å². The van der Waals surface area contributed by atoms with Gasteiger partial charge in [0.25, 0.3) is 0 Å². The van der Waals surface area contributed by atoms with E-state index in [0.717, 1.165) is 0 Å². The molecule has 0 saturated heterocycles. The Labute approximate surface area is 71.7 Å². The summed E-state index contributed by atoms with van der Waals surface area (Å²) in [6, 6.07) is 0. The molecular formula is C11H21. The first-order valence-corrected chi connectivity index (χ1v) is 4.42. The third-order valence-corrected chi connectivity index (χ3v) is 1.44. The lowest BCUT2D eigenvalue weighted by Gasteiger charge is -2.11. The van der Waals surface area contributed by atoms with Crippen molar-refractivity contribution in [1.82, 2.24) is 0 Å². The highest BCUT2D eigenvalue weighted by Gasteiger charge is 2.02. The van der Waals surface area contributed by atoms with Crippen molar-refractivity contribution in [3.8, 4) is 0 Å². The van der Waals surface area contributed by atoms with Crippen LogP contribution >= 0.6 is 0 Å². The molecule has 0 nitrogen and oxygen atoms in total. The maximum atomic E-state index is 3.94. The molecule has 0 N–H and O–H groups in total. The van der Waals surface area contributed by atoms with Gasteiger partial charge in [-0.15, -0.1) is 0 Å². The third kappa shape index (κ3) is 9.74. The summed E-state index contributed by atoms with van der Waals surface area (Å²) < 4.78 is 0. The van der Waals surface area contributed by atoms with Gasteiger partial charge in [-0.05, 0) is 24.2 Å². The molecule has 11 heavy (non-hydrogen) atoms. The van der Waals surface area contributed by atoms with Crippen LogP contribution < -0.4 is 0 Å². The van der Waals surface area contributed by atoms with Gasteiger partial charge < -0.3 is 0 Å². The molecule has 1 unspecified atom stereocenters. The molecule has 0 aromatic heterocycles. The Balaban J connectivity index is 3.46. The first-order valence-electron chi connectivity index (χ1n) is 4.42. The monoisotopic (exact) mass is 153 g/mol. The first kappa shape index (κ1) is 10.7. The molecule has 0 spiro atoms. The first-order chi connectivity index (χ1) is 4.92. The lowest BCUT2D eigenvalue weighted by atomic mass is 9.95. The largest absolute Gasteiger partial charge is 0.0880 e. The van der Waals surface area contributed by atoms with Crippen molar-refractivity contribution < 1.29 is 0 Å². The van der Waals surface area contributed by atoms with Gasteiger partial charge in [-0.25, -0.2) is 0 Å². The van der Waals surface area contributed by atoms with E-state index >= 15 is 0 Å². The average molecular weight is 153 g/mol. The van der Waals surface area contributed by atoms with Crippen LogP contribution in [0, 0.1) is 18.3 Å². The second-order valence-electron chi connectivity index (χ2n) is 4.45. The Hall–Kier alpha value is -0.260. The second-order valence-corrected chi connectivity index (χ2v) is 4.45. The van der Waals surface area contributed by atoms with Crippen molar-refractivity contribution in [3.63, 3.8) is 0 Å². The van der Waals surface area contributed by atoms with E-state index in [2.05, 4.69) is 46.8 Å². The predicted octanol–water partition coefficient (Wildman–Crippen LogP) is 3.84. The van der Waals surface area contributed by atoms with Gasteiger partial charge in [-0.2, -0.15) is 0 Å². The highest BCUT2D eigenvalue weighted by Crippen LogP contribution is 2.15. The van der Waals surface area contributed by atoms with Crippen LogP contribution in [-0.2, 0) is 0 Å². The second kappa shape index (κ2) is 4.58. The van der Waals surface area contributed by atoms with Crippen molar-refractivity contribution in [2.24, 2.45) is 11.3 Å². The topological polar surface area (TPSA) is 0 Å². The summed E-state index contributed by atoms with van der Waals surface area (Å²) >= 11 is 0. The minimum Gasteiger partial charge on any atom is -0.0880 e. The van der Waals surface area contributed by atoms with Gasteiger partial charge in [0, 0.05) is 0 Å². The van der Waals surface area contributed by atoms with Gasteiger partial charge in [0.15, 0.2) is 0 Å². The molecule has 0 heterocycles. The maximum Gasteiger partial charge on any atom is -0.0203 e. The lowest BCUT2D eigenvalue weighted by Crippen LogP contribution is -1.98. The summed E-state index contributed by atoms with van der Waals surface area (Å²) in [5.74, 6) is 0.583. The Morgan fingerprint density at radius 3 is 2.27 bits per heavy atom. The zero-order valence-electron chi connectivity index (χ0n) is 8.35. The smallest absolute Gasteiger partial charge is 0.0203 e. The van der Waals surface area contributed by atoms with E-state index in [4.69, 9.17) is 0 Å². The van der Waals surface area contributed by atoms with Gasteiger partial charge in [-0.3, -0.25) is 0 Å². The number of rotatable bonds is 3. The van der Waals surface area contributed by atoms with Crippen molar-refractivity contribution in [3.05, 3.63) is 19.1 Å². The van der Waals surface area contributed by atoms with E-state index in [0.29, 0.717) is 11.3 Å². The van der Waals surface area contributed by atoms with E-state index in [1.54, 1.807) is 0 Å². The van der Waals surface area contributed by atoms with Crippen molar-refractivity contribution in [2.75, 3.05) is 0 Å². The molecule has 0 aromatic carbocycles. The number of allylic oxidation sites excluding steroid dienone is 2. The molecule has 0 saturated carbocycles. The average Bonchev–Trinajstić information content (AvgIpc) is 1.78. The summed E-state index contributed by atoms with van der Waals surface area (Å²) in [4.78, 5) is 0. The minimum atomic E-state index is 0.338. The van der Waals surface area contributed by atoms with E-state index in [9.17, 15) is 0 Å². The van der Waals surface area contributed by atoms with E-state index in [1.807, 2.05) is 0 Å². The van der Waals surface area contributed by atoms with Gasteiger partial charge in [0.05, 0.1) is 0 Å². The van der Waals surface area contributed by atoms with Gasteiger partial charge in [0.1, 0.15) is 0 Å². The van der Waals surface area contributed by atoms with Crippen LogP contribution in [-0.4, -0.2) is 0 Å². The van der Waals surface area contributed by atoms with Crippen molar-refractivity contribution in [1.29, 1.82) is 0 Å². The fraction of sp³-hybridized carbons (Fsp3) is 0.727. The Morgan fingerprint density at radius 2 is 1.91 bits per heavy atom. The summed E-state index contributed by atoms with van der Waals surface area (Å²) in [5.41, 5.74) is 0.338. The van der Waals surface area contributed by atoms with E-state index < -0.39 is 0 Å². The molecule has 1 radical (unpaired) electrons. The molecule has 65 valence electrons. The molecule has 0 heteroatoms. The lowest BCUT2D eigenvalue weighted by molar-refractivity contribution is 0.539. The molecular weight excluding hydrogens is 132 g/mol. The Morgan fingerprint density at radius 1 is 1.36 bits per heavy atom. The van der Waals surface area contributed by atoms with Crippen LogP contribution in [0.3, 0.4) is 0 Å². The highest BCUT2D eigenvalue weighted by molar-refractivity contribution is 4.92. The van der Waals surface area contributed by atoms with Crippen LogP contribution in [0.4, 0.5) is 0 Å². The fourth-order valence-electron chi connectivity index (χ4n) is 0.818. The molecule has 0 aliphatic carbocycles. The summed E-state index contributed by atoms with van der Waals surface area (Å²) in [7, 11) is 0. The molecule has 0 rings (SSSR count). The van der Waals surface area contributed by atoms with Crippen molar-refractivity contribution in [2.45, 2.75) is 40.5 Å². The normalized spacial score (nSPS) is 13.3. The SMILES string of the molecule is [CH2]C(C)CCC=CC(C)(C)C. The maximum absolute atomic E-state index is 3.94. The van der Waals surface area contributed by atoms with Crippen LogP contribution in [0.2, 0.25) is 0 Å². The Kier molecular flexibility index (Phi) is 4.48. The molecule has 0 aliphatic rings. The van der Waals surface area contributed by atoms with Crippen LogP contribution in [0.25, 0.3) is 0 Å². The summed E-state index contributed by atoms with van der Waals surface area (Å²) in [6.07, 6.45) is 6.91. The van der Waals surface area contributed by atoms with Crippen LogP contribution in [0.1, 0.15) is 40.5 Å². The van der Waals surface area contributed by atoms with Gasteiger partial charge in [-0.1, -0.05) is 46.8 Å². The highest BCUT2D eigenvalue weighted by atomic mass is 14.1. The number of hydrogen-bond donors (Lipinski definition) is 0. The van der Waals surface area contributed by atoms with Gasteiger partial charge >= 0.3 is 0 Å². The summed E-state index contributed by atoms with van der Waals surface area (Å²) in [6.45, 7) is 12.8. The third-order valence-electron chi connectivity index (χ3n) is 1.44. The van der Waals surface area contributed by atoms with Crippen molar-refractivity contribution >= 4 is 0 Å². The van der Waals surface area contributed by atoms with Gasteiger partial charge in [0.2, 0.25) is 0 Å². The Bertz CT molecular complexity index is 112. The minimum absolute atomic E-state index is 0.338. The molecule has 0 fully saturated rings. The molecule has 0 amide bonds. The molecule has 1 atom stereocenters. The molecule has 0 aromatic rings. The standard InChI is InChI=1S/C11H21/c1-10(2)8-6-7-9-11(3,4)5/h7,9-10H,1,6,8H2,2-5H3. The van der Waals surface area contributed by atoms with E-state index in [-0.39, 0.29) is 0 Å². The zero-order chi connectivity index (χ0) is 8.91. The molecule has 0 aliphatic heterocycles. The quantitative estimate of drug-likeness (QED) is 0.540. The molecule has 0 bridgehead atoms. The fourth-order valence-corrected chi connectivity index (χ4v) is 0.818. The number of hydrogen-bond acceptors (Lipinski definition) is 0.